The van der Waals surface area contributed by atoms with E-state index in [0.29, 0.717) is 35.3 Å². The molecule has 0 spiro atoms. The molecule has 0 fully saturated rings. The fraction of sp³-hybridized carbons (Fsp3) is 0.103. The lowest BCUT2D eigenvalue weighted by atomic mass is 9.99. The van der Waals surface area contributed by atoms with Gasteiger partial charge in [0.25, 0.3) is 5.91 Å². The number of aliphatic hydroxyl groups is 1. The van der Waals surface area contributed by atoms with Gasteiger partial charge in [0, 0.05) is 17.3 Å². The maximum Gasteiger partial charge on any atom is 0.435 e. The van der Waals surface area contributed by atoms with Crippen LogP contribution in [0.4, 0.5) is 18.9 Å². The number of carbonyl (C=O) groups is 1. The Kier molecular flexibility index (Phi) is 9.92. The first-order valence-electron chi connectivity index (χ1n) is 15.4. The summed E-state index contributed by atoms with van der Waals surface area (Å²) in [4.78, 5) is 13.5. The topological polar surface area (TPSA) is 109 Å². The molecule has 1 unspecified atom stereocenters. The number of halogens is 3. The van der Waals surface area contributed by atoms with Crippen molar-refractivity contribution in [2.75, 3.05) is 5.32 Å². The number of aromatic nitrogens is 2. The average molecular weight is 675 g/mol. The third-order valence-electron chi connectivity index (χ3n) is 7.67. The Hall–Kier alpha value is -6.38. The summed E-state index contributed by atoms with van der Waals surface area (Å²) in [6, 6.07) is 38.9. The van der Waals surface area contributed by atoms with Crippen molar-refractivity contribution in [1.82, 2.24) is 9.78 Å². The van der Waals surface area contributed by atoms with Crippen LogP contribution in [0.25, 0.3) is 5.69 Å². The molecule has 50 heavy (non-hydrogen) atoms. The lowest BCUT2D eigenvalue weighted by Gasteiger charge is -2.19. The number of benzene rings is 5. The van der Waals surface area contributed by atoms with Gasteiger partial charge in [0.05, 0.1) is 17.3 Å². The zero-order chi connectivity index (χ0) is 35.1. The van der Waals surface area contributed by atoms with Gasteiger partial charge in [-0.3, -0.25) is 4.79 Å². The van der Waals surface area contributed by atoms with E-state index in [-0.39, 0.29) is 23.5 Å². The number of carbonyl (C=O) groups excluding carboxylic acids is 1. The first kappa shape index (κ1) is 33.5. The highest BCUT2D eigenvalue weighted by Crippen LogP contribution is 2.35. The fourth-order valence-corrected chi connectivity index (χ4v) is 5.18. The summed E-state index contributed by atoms with van der Waals surface area (Å²) >= 11 is 0. The zero-order valence-electron chi connectivity index (χ0n) is 26.3. The summed E-state index contributed by atoms with van der Waals surface area (Å²) in [5, 5.41) is 27.2. The van der Waals surface area contributed by atoms with Crippen molar-refractivity contribution in [1.29, 1.82) is 5.26 Å². The summed E-state index contributed by atoms with van der Waals surface area (Å²) in [7, 11) is 0. The average Bonchev–Trinajstić information content (AvgIpc) is 3.61. The van der Waals surface area contributed by atoms with Gasteiger partial charge in [0.2, 0.25) is 0 Å². The van der Waals surface area contributed by atoms with E-state index in [2.05, 4.69) is 10.4 Å². The first-order valence-corrected chi connectivity index (χ1v) is 15.4. The van der Waals surface area contributed by atoms with Gasteiger partial charge < -0.3 is 19.9 Å². The Balaban J connectivity index is 1.28. The Morgan fingerprint density at radius 3 is 2.18 bits per heavy atom. The van der Waals surface area contributed by atoms with Crippen LogP contribution < -0.4 is 14.8 Å². The number of nitriles is 1. The SMILES string of the molecule is N#Cc1cccc(-n2nc(C(F)(F)F)cc2C(=O)Nc2cccc(C(O)c3cc(OCc4ccccc4)ccc3OCc3ccccc3)c2)c1. The zero-order valence-corrected chi connectivity index (χ0v) is 26.3. The van der Waals surface area contributed by atoms with Gasteiger partial charge in [-0.2, -0.15) is 23.5 Å². The molecule has 8 nitrogen and oxygen atoms in total. The normalized spacial score (nSPS) is 11.7. The van der Waals surface area contributed by atoms with Crippen LogP contribution in [-0.2, 0) is 19.4 Å². The van der Waals surface area contributed by atoms with Crippen LogP contribution in [0, 0.1) is 11.3 Å². The van der Waals surface area contributed by atoms with Crippen molar-refractivity contribution >= 4 is 11.6 Å². The van der Waals surface area contributed by atoms with Crippen molar-refractivity contribution in [3.05, 3.63) is 173 Å². The van der Waals surface area contributed by atoms with Gasteiger partial charge in [-0.15, -0.1) is 0 Å². The lowest BCUT2D eigenvalue weighted by molar-refractivity contribution is -0.141. The maximum atomic E-state index is 13.7. The molecule has 5 aromatic carbocycles. The molecule has 0 aliphatic heterocycles. The van der Waals surface area contributed by atoms with E-state index in [4.69, 9.17) is 9.47 Å². The molecule has 1 aromatic heterocycles. The summed E-state index contributed by atoms with van der Waals surface area (Å²) in [6.07, 6.45) is -6.06. The Labute approximate surface area is 285 Å². The van der Waals surface area contributed by atoms with Gasteiger partial charge in [-0.25, -0.2) is 4.68 Å². The van der Waals surface area contributed by atoms with Crippen LogP contribution in [0.2, 0.25) is 0 Å². The lowest BCUT2D eigenvalue weighted by Crippen LogP contribution is -2.17. The number of alkyl halides is 3. The van der Waals surface area contributed by atoms with E-state index < -0.39 is 29.6 Å². The maximum absolute atomic E-state index is 13.7. The molecule has 0 aliphatic rings. The molecule has 250 valence electrons. The molecule has 0 saturated carbocycles. The number of aliphatic hydroxyl groups excluding tert-OH is 1. The predicted molar refractivity (Wildman–Crippen MR) is 180 cm³/mol. The number of nitrogens with one attached hydrogen (secondary N) is 1. The summed E-state index contributed by atoms with van der Waals surface area (Å²) in [6.45, 7) is 0.543. The molecule has 1 amide bonds. The number of ether oxygens (including phenoxy) is 2. The monoisotopic (exact) mass is 674 g/mol. The van der Waals surface area contributed by atoms with Gasteiger partial charge in [-0.1, -0.05) is 78.9 Å². The van der Waals surface area contributed by atoms with Crippen LogP contribution in [0.15, 0.2) is 133 Å². The molecule has 0 aliphatic carbocycles. The molecule has 0 saturated heterocycles. The van der Waals surface area contributed by atoms with E-state index >= 15 is 0 Å². The van der Waals surface area contributed by atoms with Crippen LogP contribution in [0.1, 0.15) is 50.1 Å². The van der Waals surface area contributed by atoms with E-state index in [1.807, 2.05) is 66.7 Å². The molecular formula is C39H29F3N4O4. The minimum atomic E-state index is -4.82. The van der Waals surface area contributed by atoms with Gasteiger partial charge in [-0.05, 0) is 65.2 Å². The molecular weight excluding hydrogens is 645 g/mol. The minimum absolute atomic E-state index is 0.103. The first-order chi connectivity index (χ1) is 24.2. The largest absolute Gasteiger partial charge is 0.489 e. The number of hydrogen-bond acceptors (Lipinski definition) is 6. The molecule has 1 heterocycles. The highest BCUT2D eigenvalue weighted by atomic mass is 19.4. The number of anilines is 1. The van der Waals surface area contributed by atoms with E-state index in [0.717, 1.165) is 15.8 Å². The molecule has 2 N–H and O–H groups in total. The van der Waals surface area contributed by atoms with E-state index in [1.165, 1.54) is 30.3 Å². The molecule has 11 heteroatoms. The smallest absolute Gasteiger partial charge is 0.435 e. The third kappa shape index (κ3) is 8.01. The van der Waals surface area contributed by atoms with Crippen molar-refractivity contribution in [2.24, 2.45) is 0 Å². The Morgan fingerprint density at radius 1 is 0.820 bits per heavy atom. The molecule has 6 aromatic rings. The Morgan fingerprint density at radius 2 is 1.50 bits per heavy atom. The van der Waals surface area contributed by atoms with Crippen molar-refractivity contribution in [3.8, 4) is 23.3 Å². The molecule has 0 radical (unpaired) electrons. The van der Waals surface area contributed by atoms with Gasteiger partial charge >= 0.3 is 6.18 Å². The molecule has 6 rings (SSSR count). The molecule has 0 bridgehead atoms. The van der Waals surface area contributed by atoms with Crippen molar-refractivity contribution in [3.63, 3.8) is 0 Å². The van der Waals surface area contributed by atoms with Crippen molar-refractivity contribution in [2.45, 2.75) is 25.5 Å². The second-order valence-corrected chi connectivity index (χ2v) is 11.2. The van der Waals surface area contributed by atoms with Crippen LogP contribution in [0.3, 0.4) is 0 Å². The number of rotatable bonds is 11. The summed E-state index contributed by atoms with van der Waals surface area (Å²) in [5.41, 5.74) is 1.48. The Bertz CT molecular complexity index is 2150. The second-order valence-electron chi connectivity index (χ2n) is 11.2. The highest BCUT2D eigenvalue weighted by molar-refractivity contribution is 6.03. The summed E-state index contributed by atoms with van der Waals surface area (Å²) in [5.74, 6) is 0.0184. The van der Waals surface area contributed by atoms with E-state index in [9.17, 15) is 28.3 Å². The quantitative estimate of drug-likeness (QED) is 0.143. The second kappa shape index (κ2) is 14.8. The molecule has 1 atom stereocenters. The minimum Gasteiger partial charge on any atom is -0.489 e. The number of amides is 1. The predicted octanol–water partition coefficient (Wildman–Crippen LogP) is 8.25. The van der Waals surface area contributed by atoms with Crippen LogP contribution in [-0.4, -0.2) is 20.8 Å². The van der Waals surface area contributed by atoms with E-state index in [1.54, 1.807) is 36.4 Å². The van der Waals surface area contributed by atoms with Crippen LogP contribution >= 0.6 is 0 Å². The van der Waals surface area contributed by atoms with Crippen LogP contribution in [0.5, 0.6) is 11.5 Å². The number of nitrogens with zero attached hydrogens (tertiary/aromatic N) is 3. The van der Waals surface area contributed by atoms with Gasteiger partial charge in [0.1, 0.15) is 36.5 Å². The highest BCUT2D eigenvalue weighted by Gasteiger charge is 2.36. The van der Waals surface area contributed by atoms with Crippen molar-refractivity contribution < 1.29 is 32.5 Å². The fourth-order valence-electron chi connectivity index (χ4n) is 5.18. The standard InChI is InChI=1S/C39H29F3N4O4/c40-39(41,42)36-22-34(46(45-36)31-16-7-13-28(19-31)23-43)38(48)44-30-15-8-14-29(20-30)37(47)33-21-32(49-24-26-9-3-1-4-10-26)17-18-35(33)50-25-27-11-5-2-6-12-27/h1-22,37,47H,24-25H2,(H,44,48). The summed E-state index contributed by atoms with van der Waals surface area (Å²) < 4.78 is 54.0. The third-order valence-corrected chi connectivity index (χ3v) is 7.67. The number of hydrogen-bond donors (Lipinski definition) is 2. The van der Waals surface area contributed by atoms with Gasteiger partial charge in [0.15, 0.2) is 5.69 Å².